The Balaban J connectivity index is 4.35. The maximum absolute atomic E-state index is 10.7. The van der Waals surface area contributed by atoms with Gasteiger partial charge in [-0.05, 0) is 13.3 Å². The first-order chi connectivity index (χ1) is 6.88. The Morgan fingerprint density at radius 3 is 2.40 bits per heavy atom. The van der Waals surface area contributed by atoms with Crippen molar-refractivity contribution in [2.24, 2.45) is 0 Å². The van der Waals surface area contributed by atoms with Gasteiger partial charge < -0.3 is 19.7 Å². The number of ether oxygens (including phenoxy) is 1. The molecule has 1 amide bonds. The molecule has 0 heterocycles. The highest BCUT2D eigenvalue weighted by Gasteiger charge is 2.24. The van der Waals surface area contributed by atoms with Crippen molar-refractivity contribution in [2.75, 3.05) is 7.11 Å². The maximum atomic E-state index is 10.7. The first-order valence-electron chi connectivity index (χ1n) is 4.05. The molecule has 0 aromatic heterocycles. The lowest BCUT2D eigenvalue weighted by atomic mass is 10.2. The number of carboxylic acids is 1. The van der Waals surface area contributed by atoms with E-state index < -0.39 is 34.4 Å². The zero-order chi connectivity index (χ0) is 12.0. The molecule has 0 rings (SSSR count). The molecule has 88 valence electrons. The van der Waals surface area contributed by atoms with Crippen LogP contribution in [0.4, 0.5) is 4.79 Å². The van der Waals surface area contributed by atoms with Gasteiger partial charge in [0.1, 0.15) is 6.04 Å². The lowest BCUT2D eigenvalue weighted by molar-refractivity contribution is -0.139. The van der Waals surface area contributed by atoms with E-state index in [1.54, 1.807) is 0 Å². The van der Waals surface area contributed by atoms with Gasteiger partial charge >= 0.3 is 12.1 Å². The number of nitrogens with one attached hydrogen (secondary N) is 1. The Bertz CT molecular complexity index is 268. The van der Waals surface area contributed by atoms with Crippen molar-refractivity contribution in [3.8, 4) is 0 Å². The van der Waals surface area contributed by atoms with Gasteiger partial charge in [-0.1, -0.05) is 0 Å². The summed E-state index contributed by atoms with van der Waals surface area (Å²) in [5, 5.41) is 10.00. The highest BCUT2D eigenvalue weighted by atomic mass is 32.2. The minimum absolute atomic E-state index is 0.145. The molecule has 0 aliphatic rings. The third kappa shape index (κ3) is 5.33. The van der Waals surface area contributed by atoms with Gasteiger partial charge in [-0.15, -0.1) is 0 Å². The van der Waals surface area contributed by atoms with Crippen LogP contribution in [-0.2, 0) is 20.6 Å². The van der Waals surface area contributed by atoms with E-state index in [0.717, 1.165) is 7.11 Å². The van der Waals surface area contributed by atoms with Gasteiger partial charge in [0, 0.05) is 0 Å². The van der Waals surface area contributed by atoms with E-state index in [9.17, 15) is 13.8 Å². The quantitative estimate of drug-likeness (QED) is 0.572. The summed E-state index contributed by atoms with van der Waals surface area (Å²) >= 11 is -2.12. The molecule has 0 saturated heterocycles. The summed E-state index contributed by atoms with van der Waals surface area (Å²) < 4.78 is 23.5. The van der Waals surface area contributed by atoms with E-state index >= 15 is 0 Å². The van der Waals surface area contributed by atoms with Gasteiger partial charge in [0.2, 0.25) is 0 Å². The monoisotopic (exact) mass is 239 g/mol. The van der Waals surface area contributed by atoms with Gasteiger partial charge in [0.05, 0.1) is 12.4 Å². The molecule has 0 fully saturated rings. The average Bonchev–Trinajstić information content (AvgIpc) is 2.15. The molecule has 0 aromatic carbocycles. The summed E-state index contributed by atoms with van der Waals surface area (Å²) in [6.07, 6.45) is -1.04. The zero-order valence-corrected chi connectivity index (χ0v) is 9.11. The number of alkyl carbamates (subject to hydrolysis) is 1. The van der Waals surface area contributed by atoms with Gasteiger partial charge in [-0.25, -0.2) is 13.8 Å². The number of carbonyl (C=O) groups excluding carboxylic acids is 1. The summed E-state index contributed by atoms with van der Waals surface area (Å²) in [7, 11) is 1.10. The molecule has 0 spiro atoms. The number of rotatable bonds is 5. The second kappa shape index (κ2) is 6.36. The van der Waals surface area contributed by atoms with Crippen LogP contribution < -0.4 is 5.32 Å². The molecule has 0 saturated carbocycles. The molecule has 0 aliphatic carbocycles. The Morgan fingerprint density at radius 2 is 2.07 bits per heavy atom. The number of carbonyl (C=O) groups is 2. The van der Waals surface area contributed by atoms with Crippen LogP contribution in [0.1, 0.15) is 13.3 Å². The van der Waals surface area contributed by atoms with Gasteiger partial charge in [-0.3, -0.25) is 0 Å². The maximum Gasteiger partial charge on any atom is 0.407 e. The number of aliphatic carboxylic acids is 1. The summed E-state index contributed by atoms with van der Waals surface area (Å²) in [6, 6.07) is -1.23. The standard InChI is InChI=1S/C7H13NO6S/c1-4(15(12)13)3-5(6(9)10)8-7(11)14-2/h4-5H,3H2,1-2H3,(H,8,11)(H,9,10)(H,12,13). The Kier molecular flexibility index (Phi) is 5.87. The molecular formula is C7H13NO6S. The normalized spacial score (nSPS) is 16.2. The van der Waals surface area contributed by atoms with Crippen molar-refractivity contribution in [1.29, 1.82) is 0 Å². The van der Waals surface area contributed by atoms with Crippen LogP contribution in [0.5, 0.6) is 0 Å². The van der Waals surface area contributed by atoms with E-state index in [0.29, 0.717) is 0 Å². The molecule has 8 heteroatoms. The van der Waals surface area contributed by atoms with Crippen LogP contribution in [0.15, 0.2) is 0 Å². The topological polar surface area (TPSA) is 113 Å². The first-order valence-corrected chi connectivity index (χ1v) is 5.22. The lowest BCUT2D eigenvalue weighted by Crippen LogP contribution is -2.43. The molecule has 7 nitrogen and oxygen atoms in total. The Morgan fingerprint density at radius 1 is 1.53 bits per heavy atom. The fourth-order valence-corrected chi connectivity index (χ4v) is 1.19. The van der Waals surface area contributed by atoms with Crippen LogP contribution in [0.3, 0.4) is 0 Å². The van der Waals surface area contributed by atoms with E-state index in [2.05, 4.69) is 4.74 Å². The Labute approximate surface area is 89.1 Å². The predicted octanol–water partition coefficient (Wildman–Crippen LogP) is -0.204. The second-order valence-corrected chi connectivity index (χ2v) is 4.21. The zero-order valence-electron chi connectivity index (χ0n) is 8.30. The summed E-state index contributed by atoms with van der Waals surface area (Å²) in [5.74, 6) is -1.28. The van der Waals surface area contributed by atoms with Crippen LogP contribution in [0.2, 0.25) is 0 Å². The largest absolute Gasteiger partial charge is 0.480 e. The fourth-order valence-electron chi connectivity index (χ4n) is 0.837. The molecule has 0 aromatic rings. The summed E-state index contributed by atoms with van der Waals surface area (Å²) in [6.45, 7) is 1.41. The molecule has 3 unspecified atom stereocenters. The molecule has 3 N–H and O–H groups in total. The fraction of sp³-hybridized carbons (Fsp3) is 0.714. The van der Waals surface area contributed by atoms with Crippen molar-refractivity contribution < 1.29 is 28.2 Å². The number of carboxylic acid groups (broad SMARTS) is 1. The highest BCUT2D eigenvalue weighted by molar-refractivity contribution is 7.79. The van der Waals surface area contributed by atoms with E-state index in [4.69, 9.17) is 9.66 Å². The number of amides is 1. The first kappa shape index (κ1) is 13.8. The van der Waals surface area contributed by atoms with Gasteiger partial charge in [-0.2, -0.15) is 0 Å². The van der Waals surface area contributed by atoms with Crippen molar-refractivity contribution in [3.63, 3.8) is 0 Å². The van der Waals surface area contributed by atoms with Crippen molar-refractivity contribution >= 4 is 23.1 Å². The average molecular weight is 239 g/mol. The predicted molar refractivity (Wildman–Crippen MR) is 51.8 cm³/mol. The van der Waals surface area contributed by atoms with Crippen molar-refractivity contribution in [3.05, 3.63) is 0 Å². The van der Waals surface area contributed by atoms with Crippen LogP contribution in [0.25, 0.3) is 0 Å². The molecule has 0 bridgehead atoms. The lowest BCUT2D eigenvalue weighted by Gasteiger charge is -2.15. The highest BCUT2D eigenvalue weighted by Crippen LogP contribution is 2.04. The van der Waals surface area contributed by atoms with E-state index in [1.807, 2.05) is 5.32 Å². The number of methoxy groups -OCH3 is 1. The third-order valence-corrected chi connectivity index (χ3v) is 2.57. The van der Waals surface area contributed by atoms with Crippen LogP contribution >= 0.6 is 0 Å². The van der Waals surface area contributed by atoms with Crippen molar-refractivity contribution in [2.45, 2.75) is 24.6 Å². The van der Waals surface area contributed by atoms with Crippen molar-refractivity contribution in [1.82, 2.24) is 5.32 Å². The molecule has 15 heavy (non-hydrogen) atoms. The molecular weight excluding hydrogens is 226 g/mol. The minimum atomic E-state index is -2.12. The third-order valence-electron chi connectivity index (χ3n) is 1.69. The number of hydrogen-bond donors (Lipinski definition) is 3. The molecule has 0 aliphatic heterocycles. The van der Waals surface area contributed by atoms with Gasteiger partial charge in [0.25, 0.3) is 0 Å². The van der Waals surface area contributed by atoms with Gasteiger partial charge in [0.15, 0.2) is 11.1 Å². The number of hydrogen-bond acceptors (Lipinski definition) is 4. The van der Waals surface area contributed by atoms with Crippen LogP contribution in [-0.4, -0.2) is 44.3 Å². The summed E-state index contributed by atoms with van der Waals surface area (Å²) in [5.41, 5.74) is 0. The molecule has 0 radical (unpaired) electrons. The smallest absolute Gasteiger partial charge is 0.407 e. The molecule has 3 atom stereocenters. The second-order valence-electron chi connectivity index (χ2n) is 2.85. The SMILES string of the molecule is COC(=O)NC(CC(C)S(=O)O)C(=O)O. The Hall–Kier alpha value is -1.15. The van der Waals surface area contributed by atoms with Crippen LogP contribution in [0, 0.1) is 0 Å². The summed E-state index contributed by atoms with van der Waals surface area (Å²) in [4.78, 5) is 21.4. The van der Waals surface area contributed by atoms with E-state index in [1.165, 1.54) is 6.92 Å². The minimum Gasteiger partial charge on any atom is -0.480 e. The van der Waals surface area contributed by atoms with E-state index in [-0.39, 0.29) is 6.42 Å².